The van der Waals surface area contributed by atoms with Crippen LogP contribution in [0.5, 0.6) is 5.75 Å². The molecule has 0 heterocycles. The maximum atomic E-state index is 13.6. The van der Waals surface area contributed by atoms with Gasteiger partial charge in [0.25, 0.3) is 5.91 Å². The van der Waals surface area contributed by atoms with Crippen LogP contribution in [0, 0.1) is 11.8 Å². The largest absolute Gasteiger partial charge is 0.508 e. The topological polar surface area (TPSA) is 208 Å². The number of nitrogen functional groups attached to an aromatic ring is 1. The second-order valence-corrected chi connectivity index (χ2v) is 9.47. The quantitative estimate of drug-likeness (QED) is 0.170. The number of carbonyl (C=O) groups excluding carboxylic acids is 3. The number of ketones is 2. The number of rotatable bonds is 2. The highest BCUT2D eigenvalue weighted by molar-refractivity contribution is 6.36. The van der Waals surface area contributed by atoms with E-state index < -0.39 is 81.8 Å². The lowest BCUT2D eigenvalue weighted by atomic mass is 9.55. The first-order chi connectivity index (χ1) is 15.7. The summed E-state index contributed by atoms with van der Waals surface area (Å²) in [4.78, 5) is 39.4. The fraction of sp³-hybridized carbons (Fsp3) is 0.409. The van der Waals surface area contributed by atoms with E-state index in [0.29, 0.717) is 11.3 Å². The van der Waals surface area contributed by atoms with E-state index in [9.17, 15) is 39.9 Å². The Morgan fingerprint density at radius 1 is 1.21 bits per heavy atom. The molecule has 3 aliphatic rings. The summed E-state index contributed by atoms with van der Waals surface area (Å²) in [5.41, 5.74) is 6.93. The minimum absolute atomic E-state index is 0.00278. The second-order valence-electron chi connectivity index (χ2n) is 9.09. The smallest absolute Gasteiger partial charge is 0.255 e. The van der Waals surface area contributed by atoms with E-state index in [2.05, 4.69) is 0 Å². The van der Waals surface area contributed by atoms with Gasteiger partial charge >= 0.3 is 0 Å². The van der Waals surface area contributed by atoms with Crippen molar-refractivity contribution in [1.29, 1.82) is 0 Å². The molecule has 1 aromatic rings. The predicted octanol–water partition coefficient (Wildman–Crippen LogP) is 0.257. The molecule has 0 radical (unpaired) electrons. The number of anilines is 2. The minimum atomic E-state index is -2.90. The third kappa shape index (κ3) is 2.68. The standard InChI is InChI=1S/C22H24ClN3O8/c1-5-8-11(18(30)14(24)13(23)15(8)26(2)3)17(29)12-9(5)16(28)6-4-7(27)10(21(25)33)19(31)22(6,34)20(12)32/h5-6,9,16,28-31,34H,4,24H2,1-3H3,(H2,25,33)/t5-,6-,9-,16-,22-/m1/s1. The molecular weight excluding hydrogens is 470 g/mol. The number of amides is 1. The van der Waals surface area contributed by atoms with Gasteiger partial charge in [-0.05, 0) is 11.5 Å². The highest BCUT2D eigenvalue weighted by atomic mass is 35.5. The molecule has 1 aromatic carbocycles. The lowest BCUT2D eigenvalue weighted by Gasteiger charge is -2.50. The van der Waals surface area contributed by atoms with Crippen LogP contribution in [0.4, 0.5) is 11.4 Å². The van der Waals surface area contributed by atoms with Crippen molar-refractivity contribution < 1.29 is 39.9 Å². The van der Waals surface area contributed by atoms with Crippen molar-refractivity contribution in [2.24, 2.45) is 17.6 Å². The van der Waals surface area contributed by atoms with Crippen LogP contribution in [0.15, 0.2) is 16.9 Å². The Labute approximate surface area is 198 Å². The van der Waals surface area contributed by atoms with E-state index >= 15 is 0 Å². The first-order valence-electron chi connectivity index (χ1n) is 10.4. The number of aliphatic hydroxyl groups excluding tert-OH is 3. The average molecular weight is 494 g/mol. The number of halogens is 1. The molecule has 1 amide bonds. The van der Waals surface area contributed by atoms with Gasteiger partial charge in [0.05, 0.1) is 28.1 Å². The zero-order valence-electron chi connectivity index (χ0n) is 18.5. The maximum absolute atomic E-state index is 13.6. The number of Topliss-reactive ketones (excluding diaryl/α,β-unsaturated/α-hetero) is 2. The first kappa shape index (κ1) is 23.9. The molecule has 4 rings (SSSR count). The molecule has 11 nitrogen and oxygen atoms in total. The summed E-state index contributed by atoms with van der Waals surface area (Å²) < 4.78 is 0. The molecule has 1 fully saturated rings. The van der Waals surface area contributed by atoms with Crippen molar-refractivity contribution in [1.82, 2.24) is 0 Å². The number of primary amides is 1. The zero-order chi connectivity index (χ0) is 25.6. The molecule has 182 valence electrons. The zero-order valence-corrected chi connectivity index (χ0v) is 19.2. The summed E-state index contributed by atoms with van der Waals surface area (Å²) in [6.07, 6.45) is -2.28. The lowest BCUT2D eigenvalue weighted by Crippen LogP contribution is -2.64. The van der Waals surface area contributed by atoms with Gasteiger partial charge < -0.3 is 41.9 Å². The number of nitrogens with zero attached hydrogens (tertiary/aromatic N) is 1. The summed E-state index contributed by atoms with van der Waals surface area (Å²) in [5.74, 6) is -9.63. The third-order valence-electron chi connectivity index (χ3n) is 7.16. The number of phenols is 1. The SMILES string of the molecule is C[C@@H]1c2c(c(O)c(N)c(Cl)c2N(C)C)C(O)=C2C(=O)[C@]3(O)C(O)=C(C(N)=O)C(=O)C[C@@H]3[C@@H](O)[C@@H]21. The molecule has 34 heavy (non-hydrogen) atoms. The minimum Gasteiger partial charge on any atom is -0.508 e. The molecule has 5 atom stereocenters. The maximum Gasteiger partial charge on any atom is 0.255 e. The molecule has 9 N–H and O–H groups in total. The van der Waals surface area contributed by atoms with Crippen LogP contribution in [0.2, 0.25) is 5.02 Å². The Morgan fingerprint density at radius 3 is 2.32 bits per heavy atom. The normalized spacial score (nSPS) is 30.6. The van der Waals surface area contributed by atoms with E-state index in [0.717, 1.165) is 0 Å². The number of carbonyl (C=O) groups is 3. The van der Waals surface area contributed by atoms with Crippen molar-refractivity contribution in [2.75, 3.05) is 24.7 Å². The summed E-state index contributed by atoms with van der Waals surface area (Å²) in [7, 11) is 3.30. The van der Waals surface area contributed by atoms with Crippen LogP contribution in [-0.4, -0.2) is 68.8 Å². The summed E-state index contributed by atoms with van der Waals surface area (Å²) in [6, 6.07) is 0. The van der Waals surface area contributed by atoms with Crippen molar-refractivity contribution >= 4 is 46.2 Å². The molecule has 0 saturated heterocycles. The van der Waals surface area contributed by atoms with E-state index in [4.69, 9.17) is 23.1 Å². The number of phenolic OH excluding ortho intramolecular Hbond substituents is 1. The third-order valence-corrected chi connectivity index (χ3v) is 7.55. The van der Waals surface area contributed by atoms with Crippen LogP contribution in [-0.2, 0) is 14.4 Å². The number of nitrogens with two attached hydrogens (primary N) is 2. The highest BCUT2D eigenvalue weighted by Crippen LogP contribution is 2.59. The highest BCUT2D eigenvalue weighted by Gasteiger charge is 2.65. The Hall–Kier alpha value is -3.28. The van der Waals surface area contributed by atoms with E-state index in [1.807, 2.05) is 0 Å². The van der Waals surface area contributed by atoms with Crippen molar-refractivity contribution in [2.45, 2.75) is 31.0 Å². The van der Waals surface area contributed by atoms with E-state index in [1.54, 1.807) is 25.9 Å². The van der Waals surface area contributed by atoms with Crippen LogP contribution < -0.4 is 16.4 Å². The van der Waals surface area contributed by atoms with Crippen LogP contribution in [0.25, 0.3) is 5.76 Å². The summed E-state index contributed by atoms with van der Waals surface area (Å²) >= 11 is 6.38. The molecule has 12 heteroatoms. The number of aliphatic hydroxyl groups is 4. The van der Waals surface area contributed by atoms with Crippen molar-refractivity contribution in [3.8, 4) is 5.75 Å². The van der Waals surface area contributed by atoms with Gasteiger partial charge in [0.1, 0.15) is 17.1 Å². The summed E-state index contributed by atoms with van der Waals surface area (Å²) in [5, 5.41) is 55.1. The Balaban J connectivity index is 2.09. The predicted molar refractivity (Wildman–Crippen MR) is 121 cm³/mol. The van der Waals surface area contributed by atoms with Crippen LogP contribution >= 0.6 is 11.6 Å². The molecule has 0 aromatic heterocycles. The van der Waals surface area contributed by atoms with Gasteiger partial charge in [0.2, 0.25) is 5.78 Å². The van der Waals surface area contributed by atoms with Gasteiger partial charge in [-0.15, -0.1) is 0 Å². The van der Waals surface area contributed by atoms with Gasteiger partial charge in [0, 0.05) is 37.9 Å². The Kier molecular flexibility index (Phi) is 5.16. The van der Waals surface area contributed by atoms with Gasteiger partial charge in [-0.3, -0.25) is 14.4 Å². The number of benzene rings is 1. The van der Waals surface area contributed by atoms with Crippen LogP contribution in [0.3, 0.4) is 0 Å². The summed E-state index contributed by atoms with van der Waals surface area (Å²) in [6.45, 7) is 1.62. The van der Waals surface area contributed by atoms with Gasteiger partial charge in [0.15, 0.2) is 17.1 Å². The molecule has 0 unspecified atom stereocenters. The Morgan fingerprint density at radius 2 is 1.79 bits per heavy atom. The number of fused-ring (bicyclic) bond motifs is 3. The van der Waals surface area contributed by atoms with E-state index in [-0.39, 0.29) is 16.3 Å². The lowest BCUT2D eigenvalue weighted by molar-refractivity contribution is -0.160. The molecule has 3 aliphatic carbocycles. The molecule has 1 saturated carbocycles. The molecule has 0 bridgehead atoms. The molecule has 0 aliphatic heterocycles. The number of aromatic hydroxyl groups is 1. The molecular formula is C22H24ClN3O8. The fourth-order valence-corrected chi connectivity index (χ4v) is 5.96. The van der Waals surface area contributed by atoms with Gasteiger partial charge in [-0.2, -0.15) is 0 Å². The fourth-order valence-electron chi connectivity index (χ4n) is 5.60. The van der Waals surface area contributed by atoms with Crippen molar-refractivity contribution in [3.63, 3.8) is 0 Å². The second kappa shape index (κ2) is 7.36. The van der Waals surface area contributed by atoms with Crippen LogP contribution in [0.1, 0.15) is 30.4 Å². The first-order valence-corrected chi connectivity index (χ1v) is 10.7. The number of hydrogen-bond acceptors (Lipinski definition) is 10. The monoisotopic (exact) mass is 493 g/mol. The van der Waals surface area contributed by atoms with E-state index in [1.165, 1.54) is 0 Å². The van der Waals surface area contributed by atoms with Crippen molar-refractivity contribution in [3.05, 3.63) is 33.1 Å². The average Bonchev–Trinajstić information content (AvgIpc) is 2.74. The number of hydrogen-bond donors (Lipinski definition) is 7. The van der Waals surface area contributed by atoms with Gasteiger partial charge in [-0.25, -0.2) is 0 Å². The molecule has 0 spiro atoms. The van der Waals surface area contributed by atoms with Gasteiger partial charge in [-0.1, -0.05) is 18.5 Å². The Bertz CT molecular complexity index is 1250.